The van der Waals surface area contributed by atoms with Crippen LogP contribution in [-0.2, 0) is 5.41 Å². The van der Waals surface area contributed by atoms with Crippen molar-refractivity contribution in [3.8, 4) is 11.1 Å². The smallest absolute Gasteiger partial charge is 0.00990 e. The fraction of sp³-hybridized carbons (Fsp3) is 0.333. The van der Waals surface area contributed by atoms with Crippen LogP contribution >= 0.6 is 0 Å². The number of unbranched alkanes of at least 4 members (excludes halogenated alkanes) is 1. The second-order valence-corrected chi connectivity index (χ2v) is 8.49. The van der Waals surface area contributed by atoms with E-state index in [9.17, 15) is 0 Å². The van der Waals surface area contributed by atoms with Gasteiger partial charge in [0.05, 0.1) is 0 Å². The van der Waals surface area contributed by atoms with Gasteiger partial charge in [-0.1, -0.05) is 121 Å². The average Bonchev–Trinajstić information content (AvgIpc) is 2.79. The third-order valence-corrected chi connectivity index (χ3v) is 6.03. The van der Waals surface area contributed by atoms with Crippen LogP contribution in [0.1, 0.15) is 77.5 Å². The summed E-state index contributed by atoms with van der Waals surface area (Å²) in [5, 5.41) is 2.56. The minimum absolute atomic E-state index is 0.211. The molecule has 0 N–H and O–H groups in total. The highest BCUT2D eigenvalue weighted by Crippen LogP contribution is 2.36. The molecule has 0 aromatic heterocycles. The van der Waals surface area contributed by atoms with E-state index in [0.717, 1.165) is 6.42 Å². The number of rotatable bonds is 6. The van der Waals surface area contributed by atoms with Gasteiger partial charge in [-0.05, 0) is 63.4 Å². The van der Waals surface area contributed by atoms with Crippen LogP contribution < -0.4 is 0 Å². The molecule has 0 bridgehead atoms. The van der Waals surface area contributed by atoms with Crippen molar-refractivity contribution >= 4 is 22.9 Å². The van der Waals surface area contributed by atoms with E-state index in [4.69, 9.17) is 0 Å². The Labute approximate surface area is 184 Å². The minimum Gasteiger partial charge on any atom is -0.0984 e. The quantitative estimate of drug-likeness (QED) is 0.387. The summed E-state index contributed by atoms with van der Waals surface area (Å²) in [5.41, 5.74) is 6.54. The van der Waals surface area contributed by atoms with Gasteiger partial charge in [0, 0.05) is 0 Å². The summed E-state index contributed by atoms with van der Waals surface area (Å²) in [6.07, 6.45) is 10.00. The highest BCUT2D eigenvalue weighted by atomic mass is 14.2. The molecule has 0 aliphatic rings. The van der Waals surface area contributed by atoms with E-state index < -0.39 is 0 Å². The molecule has 0 heterocycles. The van der Waals surface area contributed by atoms with Crippen molar-refractivity contribution in [1.29, 1.82) is 0 Å². The van der Waals surface area contributed by atoms with Crippen LogP contribution in [0.5, 0.6) is 0 Å². The third kappa shape index (κ3) is 5.30. The van der Waals surface area contributed by atoms with Crippen molar-refractivity contribution in [1.82, 2.24) is 0 Å². The van der Waals surface area contributed by atoms with Crippen LogP contribution in [0.15, 0.2) is 67.3 Å². The van der Waals surface area contributed by atoms with E-state index in [-0.39, 0.29) is 5.41 Å². The largest absolute Gasteiger partial charge is 0.0984 e. The molecule has 0 spiro atoms. The Bertz CT molecular complexity index is 982. The Hall–Kier alpha value is -2.60. The van der Waals surface area contributed by atoms with Crippen molar-refractivity contribution in [3.05, 3.63) is 83.9 Å². The van der Waals surface area contributed by atoms with Crippen molar-refractivity contribution in [3.63, 3.8) is 0 Å². The second kappa shape index (κ2) is 11.0. The summed E-state index contributed by atoms with van der Waals surface area (Å²) in [7, 11) is 0. The van der Waals surface area contributed by atoms with Crippen molar-refractivity contribution in [2.75, 3.05) is 0 Å². The standard InChI is InChI=1S/C26H28.C4H10/c1-6-11-22-19(7-2)18-25(24-13-10-9-12-23(22)24)20-14-16-21(17-15-20)26(4,5)8-3;1-3-4-2/h6-7,9-18H,2,8H2,1,3-5H3;3-4H2,1-2H3/b11-6-;. The lowest BCUT2D eigenvalue weighted by Crippen LogP contribution is -2.14. The number of hydrogen-bond acceptors (Lipinski definition) is 0. The molecule has 0 aliphatic carbocycles. The van der Waals surface area contributed by atoms with Crippen LogP contribution in [0.25, 0.3) is 34.1 Å². The molecule has 158 valence electrons. The lowest BCUT2D eigenvalue weighted by atomic mass is 9.81. The molecular formula is C30H38. The zero-order valence-electron chi connectivity index (χ0n) is 19.8. The number of benzene rings is 3. The molecule has 0 fully saturated rings. The topological polar surface area (TPSA) is 0 Å². The highest BCUT2D eigenvalue weighted by molar-refractivity contribution is 6.03. The van der Waals surface area contributed by atoms with Gasteiger partial charge in [-0.3, -0.25) is 0 Å². The molecule has 0 radical (unpaired) electrons. The number of hydrogen-bond donors (Lipinski definition) is 0. The highest BCUT2D eigenvalue weighted by Gasteiger charge is 2.18. The first-order valence-corrected chi connectivity index (χ1v) is 11.3. The first-order valence-electron chi connectivity index (χ1n) is 11.3. The summed E-state index contributed by atoms with van der Waals surface area (Å²) in [4.78, 5) is 0. The maximum Gasteiger partial charge on any atom is -0.00990 e. The van der Waals surface area contributed by atoms with Crippen LogP contribution in [0.3, 0.4) is 0 Å². The Balaban J connectivity index is 0.000000735. The molecular weight excluding hydrogens is 360 g/mol. The third-order valence-electron chi connectivity index (χ3n) is 6.03. The minimum atomic E-state index is 0.211. The zero-order valence-corrected chi connectivity index (χ0v) is 19.8. The molecule has 0 nitrogen and oxygen atoms in total. The normalized spacial score (nSPS) is 11.4. The van der Waals surface area contributed by atoms with E-state index in [2.05, 4.69) is 115 Å². The van der Waals surface area contributed by atoms with Gasteiger partial charge in [-0.25, -0.2) is 0 Å². The zero-order chi connectivity index (χ0) is 22.1. The van der Waals surface area contributed by atoms with E-state index in [1.165, 1.54) is 51.4 Å². The molecule has 3 rings (SSSR count). The van der Waals surface area contributed by atoms with E-state index in [1.807, 2.05) is 6.08 Å². The Morgan fingerprint density at radius 1 is 0.867 bits per heavy atom. The predicted octanol–water partition coefficient (Wildman–Crippen LogP) is 9.68. The molecule has 3 aromatic rings. The van der Waals surface area contributed by atoms with Crippen LogP contribution in [-0.4, -0.2) is 0 Å². The van der Waals surface area contributed by atoms with Gasteiger partial charge < -0.3 is 0 Å². The lowest BCUT2D eigenvalue weighted by molar-refractivity contribution is 0.506. The van der Waals surface area contributed by atoms with Gasteiger partial charge in [-0.2, -0.15) is 0 Å². The predicted molar refractivity (Wildman–Crippen MR) is 138 cm³/mol. The average molecular weight is 399 g/mol. The van der Waals surface area contributed by atoms with Gasteiger partial charge in [0.1, 0.15) is 0 Å². The molecule has 0 atom stereocenters. The van der Waals surface area contributed by atoms with E-state index in [1.54, 1.807) is 0 Å². The molecule has 0 saturated heterocycles. The van der Waals surface area contributed by atoms with Crippen molar-refractivity contribution in [2.45, 2.75) is 66.2 Å². The van der Waals surface area contributed by atoms with Gasteiger partial charge in [0.25, 0.3) is 0 Å². The first-order chi connectivity index (χ1) is 14.4. The molecule has 0 aliphatic heterocycles. The summed E-state index contributed by atoms with van der Waals surface area (Å²) in [5.74, 6) is 0. The van der Waals surface area contributed by atoms with Gasteiger partial charge in [0.2, 0.25) is 0 Å². The van der Waals surface area contributed by atoms with Crippen LogP contribution in [0.4, 0.5) is 0 Å². The fourth-order valence-electron chi connectivity index (χ4n) is 3.48. The molecule has 30 heavy (non-hydrogen) atoms. The maximum atomic E-state index is 4.04. The van der Waals surface area contributed by atoms with Gasteiger partial charge >= 0.3 is 0 Å². The van der Waals surface area contributed by atoms with Gasteiger partial charge in [-0.15, -0.1) is 0 Å². The second-order valence-electron chi connectivity index (χ2n) is 8.49. The molecule has 3 aromatic carbocycles. The fourth-order valence-corrected chi connectivity index (χ4v) is 3.48. The monoisotopic (exact) mass is 398 g/mol. The number of fused-ring (bicyclic) bond motifs is 1. The van der Waals surface area contributed by atoms with E-state index in [0.29, 0.717) is 0 Å². The Kier molecular flexibility index (Phi) is 8.66. The van der Waals surface area contributed by atoms with Gasteiger partial charge in [0.15, 0.2) is 0 Å². The summed E-state index contributed by atoms with van der Waals surface area (Å²) < 4.78 is 0. The van der Waals surface area contributed by atoms with E-state index >= 15 is 0 Å². The summed E-state index contributed by atoms with van der Waals surface area (Å²) >= 11 is 0. The van der Waals surface area contributed by atoms with Crippen LogP contribution in [0, 0.1) is 0 Å². The number of allylic oxidation sites excluding steroid dienone is 1. The molecule has 0 heteroatoms. The Morgan fingerprint density at radius 3 is 1.97 bits per heavy atom. The molecule has 0 saturated carbocycles. The van der Waals surface area contributed by atoms with Crippen molar-refractivity contribution < 1.29 is 0 Å². The maximum absolute atomic E-state index is 4.04. The lowest BCUT2D eigenvalue weighted by Gasteiger charge is -2.23. The SMILES string of the molecule is C=Cc1cc(-c2ccc(C(C)(C)CC)cc2)c2ccccc2c1/C=C\C.CCCC. The molecule has 0 amide bonds. The Morgan fingerprint density at radius 2 is 1.47 bits per heavy atom. The van der Waals surface area contributed by atoms with Crippen LogP contribution in [0.2, 0.25) is 0 Å². The summed E-state index contributed by atoms with van der Waals surface area (Å²) in [6, 6.07) is 20.0. The molecule has 0 unspecified atom stereocenters. The summed E-state index contributed by atoms with van der Waals surface area (Å²) in [6.45, 7) is 17.3. The first kappa shape index (κ1) is 23.7. The van der Waals surface area contributed by atoms with Crippen molar-refractivity contribution in [2.24, 2.45) is 0 Å².